The van der Waals surface area contributed by atoms with Crippen molar-refractivity contribution < 1.29 is 13.2 Å². The summed E-state index contributed by atoms with van der Waals surface area (Å²) in [7, 11) is -2.04. The van der Waals surface area contributed by atoms with E-state index in [0.717, 1.165) is 29.7 Å². The maximum Gasteiger partial charge on any atom is 0.243 e. The van der Waals surface area contributed by atoms with E-state index in [1.165, 1.54) is 22.3 Å². The van der Waals surface area contributed by atoms with E-state index < -0.39 is 10.0 Å². The van der Waals surface area contributed by atoms with Crippen LogP contribution in [0.5, 0.6) is 5.75 Å². The molecule has 0 fully saturated rings. The lowest BCUT2D eigenvalue weighted by molar-refractivity contribution is 0.310. The molecule has 5 heteroatoms. The van der Waals surface area contributed by atoms with Crippen molar-refractivity contribution in [3.63, 3.8) is 0 Å². The molecule has 1 aliphatic heterocycles. The second kappa shape index (κ2) is 8.47. The highest BCUT2D eigenvalue weighted by Gasteiger charge is 2.42. The highest BCUT2D eigenvalue weighted by atomic mass is 32.2. The van der Waals surface area contributed by atoms with E-state index in [-0.39, 0.29) is 12.0 Å². The molecule has 0 saturated heterocycles. The van der Waals surface area contributed by atoms with Crippen molar-refractivity contribution in [2.75, 3.05) is 13.7 Å². The number of fused-ring (bicyclic) bond motifs is 2. The normalized spacial score (nSPS) is 20.8. The number of nitrogens with zero attached hydrogens (tertiary/aromatic N) is 1. The molecule has 2 atom stereocenters. The minimum Gasteiger partial charge on any atom is -0.497 e. The van der Waals surface area contributed by atoms with Crippen molar-refractivity contribution in [3.05, 3.63) is 101 Å². The van der Waals surface area contributed by atoms with Crippen molar-refractivity contribution in [1.29, 1.82) is 0 Å². The standard InChI is InChI=1S/C28H29NO3S/c1-19-8-15-24(16-9-19)33(30,31)29-18-20(2)27-25-7-5-4-6-21(25)12-17-26(27)28(29)22-10-13-23(32-3)14-11-22/h4-11,13-16,20,28H,12,17-18H2,1-3H3/t20-,28+/m0/s1. The van der Waals surface area contributed by atoms with Gasteiger partial charge in [-0.1, -0.05) is 61.0 Å². The summed E-state index contributed by atoms with van der Waals surface area (Å²) in [6.45, 7) is 4.56. The van der Waals surface area contributed by atoms with Crippen LogP contribution in [0.15, 0.2) is 83.3 Å². The smallest absolute Gasteiger partial charge is 0.243 e. The molecule has 3 aromatic carbocycles. The average molecular weight is 460 g/mol. The number of hydrogen-bond acceptors (Lipinski definition) is 3. The fourth-order valence-electron chi connectivity index (χ4n) is 5.32. The van der Waals surface area contributed by atoms with Gasteiger partial charge in [-0.2, -0.15) is 4.31 Å². The predicted molar refractivity (Wildman–Crippen MR) is 132 cm³/mol. The van der Waals surface area contributed by atoms with Gasteiger partial charge < -0.3 is 4.74 Å². The summed E-state index contributed by atoms with van der Waals surface area (Å²) in [5.41, 5.74) is 7.18. The third-order valence-corrected chi connectivity index (χ3v) is 8.79. The summed E-state index contributed by atoms with van der Waals surface area (Å²) in [6, 6.07) is 23.2. The largest absolute Gasteiger partial charge is 0.497 e. The van der Waals surface area contributed by atoms with E-state index in [1.807, 2.05) is 43.3 Å². The van der Waals surface area contributed by atoms with Gasteiger partial charge in [-0.25, -0.2) is 8.42 Å². The number of methoxy groups -OCH3 is 1. The van der Waals surface area contributed by atoms with Crippen molar-refractivity contribution in [2.24, 2.45) is 5.92 Å². The Morgan fingerprint density at radius 2 is 1.61 bits per heavy atom. The summed E-state index contributed by atoms with van der Waals surface area (Å²) in [4.78, 5) is 0.346. The molecular formula is C28H29NO3S. The summed E-state index contributed by atoms with van der Waals surface area (Å²) in [5.74, 6) is 0.871. The van der Waals surface area contributed by atoms with Gasteiger partial charge in [-0.3, -0.25) is 0 Å². The molecule has 170 valence electrons. The highest BCUT2D eigenvalue weighted by molar-refractivity contribution is 7.89. The number of hydrogen-bond donors (Lipinski definition) is 0. The molecule has 0 N–H and O–H groups in total. The monoisotopic (exact) mass is 459 g/mol. The summed E-state index contributed by atoms with van der Waals surface area (Å²) in [6.07, 6.45) is 1.78. The Morgan fingerprint density at radius 1 is 0.909 bits per heavy atom. The number of rotatable bonds is 4. The average Bonchev–Trinajstić information content (AvgIpc) is 2.84. The molecular weight excluding hydrogens is 430 g/mol. The van der Waals surface area contributed by atoms with Crippen LogP contribution in [0.2, 0.25) is 0 Å². The third kappa shape index (κ3) is 3.79. The number of sulfonamides is 1. The second-order valence-electron chi connectivity index (χ2n) is 9.06. The van der Waals surface area contributed by atoms with E-state index in [9.17, 15) is 8.42 Å². The molecule has 1 heterocycles. The van der Waals surface area contributed by atoms with E-state index >= 15 is 0 Å². The van der Waals surface area contributed by atoms with Crippen molar-refractivity contribution in [3.8, 4) is 5.75 Å². The molecule has 5 rings (SSSR count). The van der Waals surface area contributed by atoms with E-state index in [1.54, 1.807) is 23.5 Å². The number of ether oxygens (including phenoxy) is 1. The molecule has 0 radical (unpaired) electrons. The van der Waals surface area contributed by atoms with Gasteiger partial charge in [-0.15, -0.1) is 0 Å². The maximum absolute atomic E-state index is 13.9. The third-order valence-electron chi connectivity index (χ3n) is 6.94. The van der Waals surface area contributed by atoms with Crippen molar-refractivity contribution in [2.45, 2.75) is 37.6 Å². The zero-order valence-electron chi connectivity index (χ0n) is 19.3. The first-order chi connectivity index (χ1) is 15.9. The molecule has 3 aromatic rings. The molecule has 0 aromatic heterocycles. The van der Waals surface area contributed by atoms with E-state index in [4.69, 9.17) is 4.74 Å². The van der Waals surface area contributed by atoms with Crippen LogP contribution in [0, 0.1) is 12.8 Å². The van der Waals surface area contributed by atoms with Gasteiger partial charge in [0.25, 0.3) is 0 Å². The van der Waals surface area contributed by atoms with Gasteiger partial charge >= 0.3 is 0 Å². The molecule has 0 spiro atoms. The molecule has 4 nitrogen and oxygen atoms in total. The van der Waals surface area contributed by atoms with Gasteiger partial charge in [0.2, 0.25) is 10.0 Å². The predicted octanol–water partition coefficient (Wildman–Crippen LogP) is 5.79. The molecule has 0 saturated carbocycles. The Kier molecular flexibility index (Phi) is 5.63. The lowest BCUT2D eigenvalue weighted by Crippen LogP contribution is -2.43. The first kappa shape index (κ1) is 21.9. The second-order valence-corrected chi connectivity index (χ2v) is 11.0. The van der Waals surface area contributed by atoms with Crippen LogP contribution in [-0.4, -0.2) is 26.4 Å². The Labute approximate surface area is 196 Å². The minimum absolute atomic E-state index is 0.108. The lowest BCUT2D eigenvalue weighted by Gasteiger charge is -2.43. The maximum atomic E-state index is 13.9. The van der Waals surface area contributed by atoms with Crippen LogP contribution in [0.3, 0.4) is 0 Å². The van der Waals surface area contributed by atoms with Gasteiger partial charge in [0.1, 0.15) is 5.75 Å². The zero-order chi connectivity index (χ0) is 23.2. The van der Waals surface area contributed by atoms with Gasteiger partial charge in [0.05, 0.1) is 18.0 Å². The van der Waals surface area contributed by atoms with Crippen molar-refractivity contribution >= 4 is 15.6 Å². The summed E-state index contributed by atoms with van der Waals surface area (Å²) < 4.78 is 35.0. The fourth-order valence-corrected chi connectivity index (χ4v) is 7.02. The molecule has 2 aliphatic rings. The first-order valence-electron chi connectivity index (χ1n) is 11.4. The highest BCUT2D eigenvalue weighted by Crippen LogP contribution is 2.49. The van der Waals surface area contributed by atoms with Crippen LogP contribution in [0.25, 0.3) is 5.57 Å². The van der Waals surface area contributed by atoms with Gasteiger partial charge in [0.15, 0.2) is 0 Å². The fraction of sp³-hybridized carbons (Fsp3) is 0.286. The van der Waals surface area contributed by atoms with Crippen molar-refractivity contribution in [1.82, 2.24) is 4.31 Å². The molecule has 0 amide bonds. The molecule has 1 aliphatic carbocycles. The van der Waals surface area contributed by atoms with Crippen LogP contribution in [0.4, 0.5) is 0 Å². The Hall–Kier alpha value is -2.89. The zero-order valence-corrected chi connectivity index (χ0v) is 20.1. The number of benzene rings is 3. The molecule has 0 bridgehead atoms. The lowest BCUT2D eigenvalue weighted by atomic mass is 9.74. The van der Waals surface area contributed by atoms with E-state index in [0.29, 0.717) is 11.4 Å². The molecule has 0 unspecified atom stereocenters. The molecule has 33 heavy (non-hydrogen) atoms. The Bertz CT molecular complexity index is 1310. The minimum atomic E-state index is -3.68. The topological polar surface area (TPSA) is 46.6 Å². The SMILES string of the molecule is COc1ccc([C@@H]2C3=C(c4ccccc4CC3)[C@@H](C)CN2S(=O)(=O)c2ccc(C)cc2)cc1. The van der Waals surface area contributed by atoms with Crippen LogP contribution in [0.1, 0.15) is 41.6 Å². The van der Waals surface area contributed by atoms with Crippen LogP contribution in [-0.2, 0) is 16.4 Å². The Balaban J connectivity index is 1.70. The Morgan fingerprint density at radius 3 is 2.30 bits per heavy atom. The first-order valence-corrected chi connectivity index (χ1v) is 12.9. The van der Waals surface area contributed by atoms with E-state index in [2.05, 4.69) is 31.2 Å². The van der Waals surface area contributed by atoms with Crippen LogP contribution < -0.4 is 4.74 Å². The summed E-state index contributed by atoms with van der Waals surface area (Å²) >= 11 is 0. The number of aryl methyl sites for hydroxylation is 2. The van der Waals surface area contributed by atoms with Crippen LogP contribution >= 0.6 is 0 Å². The quantitative estimate of drug-likeness (QED) is 0.496. The summed E-state index contributed by atoms with van der Waals surface area (Å²) in [5, 5.41) is 0. The van der Waals surface area contributed by atoms with Gasteiger partial charge in [0, 0.05) is 6.54 Å². The van der Waals surface area contributed by atoms with Gasteiger partial charge in [-0.05, 0) is 77.8 Å².